The van der Waals surface area contributed by atoms with E-state index in [9.17, 15) is 0 Å². The van der Waals surface area contributed by atoms with Crippen LogP contribution in [0.25, 0.3) is 0 Å². The Hall–Kier alpha value is 0.0199. The monoisotopic (exact) mass is 125 g/mol. The second-order valence-electron chi connectivity index (χ2n) is 2.12. The first-order chi connectivity index (χ1) is 3.70. The molecular weight excluding hydrogens is 116 g/mol. The van der Waals surface area contributed by atoms with Gasteiger partial charge in [0.15, 0.2) is 0 Å². The molecule has 0 radical (unpaired) electrons. The standard InChI is InChI=1S/C4H9B2NS/c1-7-2-3(5)8-4(7)6/h2,4H,5-6H2,1H3. The van der Waals surface area contributed by atoms with E-state index in [0.29, 0.717) is 5.27 Å². The van der Waals surface area contributed by atoms with E-state index >= 15 is 0 Å². The molecule has 0 aromatic heterocycles. The van der Waals surface area contributed by atoms with Crippen LogP contribution < -0.4 is 0 Å². The summed E-state index contributed by atoms with van der Waals surface area (Å²) >= 11 is 1.92. The maximum Gasteiger partial charge on any atom is 0.149 e. The molecule has 1 aliphatic rings. The number of hydrogen-bond donors (Lipinski definition) is 0. The third-order valence-corrected chi connectivity index (χ3v) is 2.47. The molecule has 0 fully saturated rings. The summed E-state index contributed by atoms with van der Waals surface area (Å²) in [5, 5.41) is 0.648. The Kier molecular flexibility index (Phi) is 1.61. The van der Waals surface area contributed by atoms with E-state index in [1.54, 1.807) is 0 Å². The zero-order valence-corrected chi connectivity index (χ0v) is 6.33. The first kappa shape index (κ1) is 6.14. The van der Waals surface area contributed by atoms with E-state index in [1.165, 1.54) is 4.80 Å². The lowest BCUT2D eigenvalue weighted by molar-refractivity contribution is 0.517. The molecule has 1 rings (SSSR count). The van der Waals surface area contributed by atoms with Gasteiger partial charge in [0.25, 0.3) is 0 Å². The van der Waals surface area contributed by atoms with Gasteiger partial charge in [-0.3, -0.25) is 0 Å². The molecule has 1 atom stereocenters. The van der Waals surface area contributed by atoms with Gasteiger partial charge in [-0.2, -0.15) is 0 Å². The first-order valence-electron chi connectivity index (χ1n) is 2.77. The summed E-state index contributed by atoms with van der Waals surface area (Å²) in [4.78, 5) is 3.64. The van der Waals surface area contributed by atoms with E-state index < -0.39 is 0 Å². The van der Waals surface area contributed by atoms with Crippen LogP contribution in [0.4, 0.5) is 0 Å². The first-order valence-corrected chi connectivity index (χ1v) is 3.65. The lowest BCUT2D eigenvalue weighted by Crippen LogP contribution is -2.18. The van der Waals surface area contributed by atoms with Crippen LogP contribution >= 0.6 is 11.8 Å². The SMILES string of the molecule is BC1=CN(C)C(B)S1. The highest BCUT2D eigenvalue weighted by molar-refractivity contribution is 8.06. The molecule has 0 N–H and O–H groups in total. The minimum Gasteiger partial charge on any atom is -0.376 e. The summed E-state index contributed by atoms with van der Waals surface area (Å²) in [5.41, 5.74) is 0. The molecule has 42 valence electrons. The van der Waals surface area contributed by atoms with Gasteiger partial charge in [-0.25, -0.2) is 0 Å². The average molecular weight is 125 g/mol. The van der Waals surface area contributed by atoms with Gasteiger partial charge in [-0.15, -0.1) is 11.8 Å². The fourth-order valence-corrected chi connectivity index (χ4v) is 1.77. The van der Waals surface area contributed by atoms with E-state index in [0.717, 1.165) is 0 Å². The Bertz CT molecular complexity index is 125. The van der Waals surface area contributed by atoms with Gasteiger partial charge >= 0.3 is 0 Å². The molecule has 0 saturated carbocycles. The Labute approximate surface area is 56.3 Å². The molecule has 0 bridgehead atoms. The van der Waals surface area contributed by atoms with Crippen molar-refractivity contribution >= 4 is 27.5 Å². The lowest BCUT2D eigenvalue weighted by atomic mass is 10.1. The molecule has 1 heterocycles. The maximum atomic E-state index is 2.22. The van der Waals surface area contributed by atoms with Crippen molar-refractivity contribution in [2.24, 2.45) is 0 Å². The van der Waals surface area contributed by atoms with Crippen LogP contribution in [0, 0.1) is 0 Å². The van der Waals surface area contributed by atoms with Crippen molar-refractivity contribution < 1.29 is 0 Å². The second-order valence-corrected chi connectivity index (χ2v) is 3.68. The van der Waals surface area contributed by atoms with Gasteiger partial charge in [-0.1, -0.05) is 0 Å². The molecule has 0 aromatic rings. The third-order valence-electron chi connectivity index (χ3n) is 1.32. The topological polar surface area (TPSA) is 3.24 Å². The van der Waals surface area contributed by atoms with E-state index in [1.807, 2.05) is 11.8 Å². The zero-order valence-electron chi connectivity index (χ0n) is 5.51. The van der Waals surface area contributed by atoms with Crippen LogP contribution in [0.3, 0.4) is 0 Å². The minimum absolute atomic E-state index is 0.648. The highest BCUT2D eigenvalue weighted by Crippen LogP contribution is 2.26. The Morgan fingerprint density at radius 1 is 1.88 bits per heavy atom. The van der Waals surface area contributed by atoms with Gasteiger partial charge in [-0.05, 0) is 11.0 Å². The van der Waals surface area contributed by atoms with Gasteiger partial charge < -0.3 is 4.90 Å². The van der Waals surface area contributed by atoms with Crippen LogP contribution in [0.1, 0.15) is 0 Å². The van der Waals surface area contributed by atoms with Crippen molar-refractivity contribution in [3.63, 3.8) is 0 Å². The maximum absolute atomic E-state index is 2.22. The summed E-state index contributed by atoms with van der Waals surface area (Å²) in [6, 6.07) is 0. The normalized spacial score (nSPS) is 28.4. The number of hydrogen-bond acceptors (Lipinski definition) is 2. The molecule has 0 spiro atoms. The Morgan fingerprint density at radius 2 is 2.50 bits per heavy atom. The number of rotatable bonds is 0. The van der Waals surface area contributed by atoms with Crippen LogP contribution in [-0.2, 0) is 0 Å². The van der Waals surface area contributed by atoms with Crippen molar-refractivity contribution in [3.8, 4) is 0 Å². The summed E-state index contributed by atoms with van der Waals surface area (Å²) in [6.07, 6.45) is 2.18. The van der Waals surface area contributed by atoms with E-state index in [4.69, 9.17) is 0 Å². The third kappa shape index (κ3) is 1.05. The minimum atomic E-state index is 0.648. The van der Waals surface area contributed by atoms with Crippen LogP contribution in [0.5, 0.6) is 0 Å². The fraction of sp³-hybridized carbons (Fsp3) is 0.500. The summed E-state index contributed by atoms with van der Waals surface area (Å²) in [5.74, 6) is 0. The van der Waals surface area contributed by atoms with E-state index in [-0.39, 0.29) is 0 Å². The van der Waals surface area contributed by atoms with Crippen molar-refractivity contribution in [1.29, 1.82) is 0 Å². The molecule has 8 heavy (non-hydrogen) atoms. The van der Waals surface area contributed by atoms with Gasteiger partial charge in [0.2, 0.25) is 0 Å². The molecule has 0 aliphatic carbocycles. The largest absolute Gasteiger partial charge is 0.376 e. The molecule has 4 heteroatoms. The molecule has 1 nitrogen and oxygen atoms in total. The van der Waals surface area contributed by atoms with Crippen LogP contribution in [0.2, 0.25) is 0 Å². The molecule has 1 aliphatic heterocycles. The fourth-order valence-electron chi connectivity index (χ4n) is 0.774. The summed E-state index contributed by atoms with van der Waals surface area (Å²) < 4.78 is 0. The van der Waals surface area contributed by atoms with E-state index in [2.05, 4.69) is 33.8 Å². The van der Waals surface area contributed by atoms with Crippen molar-refractivity contribution in [2.45, 2.75) is 5.27 Å². The predicted octanol–water partition coefficient (Wildman–Crippen LogP) is -0.986. The predicted molar refractivity (Wildman–Crippen MR) is 44.3 cm³/mol. The van der Waals surface area contributed by atoms with Gasteiger partial charge in [0.1, 0.15) is 15.7 Å². The van der Waals surface area contributed by atoms with Crippen molar-refractivity contribution in [1.82, 2.24) is 4.90 Å². The molecule has 0 amide bonds. The zero-order chi connectivity index (χ0) is 6.15. The summed E-state index contributed by atoms with van der Waals surface area (Å²) in [6.45, 7) is 0. The molecule has 1 unspecified atom stereocenters. The number of nitrogens with zero attached hydrogens (tertiary/aromatic N) is 1. The van der Waals surface area contributed by atoms with Crippen molar-refractivity contribution in [2.75, 3.05) is 7.05 Å². The number of thioether (sulfide) groups is 1. The lowest BCUT2D eigenvalue weighted by Gasteiger charge is -2.13. The summed E-state index contributed by atoms with van der Waals surface area (Å²) in [7, 11) is 6.45. The van der Waals surface area contributed by atoms with Crippen LogP contribution in [0.15, 0.2) is 11.0 Å². The van der Waals surface area contributed by atoms with Gasteiger partial charge in [0.05, 0.1) is 0 Å². The molecule has 0 aromatic carbocycles. The molecular formula is C4H9B2NS. The van der Waals surface area contributed by atoms with Crippen LogP contribution in [-0.4, -0.2) is 32.9 Å². The Morgan fingerprint density at radius 3 is 2.62 bits per heavy atom. The van der Waals surface area contributed by atoms with Crippen molar-refractivity contribution in [3.05, 3.63) is 11.0 Å². The quantitative estimate of drug-likeness (QED) is 0.382. The van der Waals surface area contributed by atoms with Gasteiger partial charge in [0, 0.05) is 12.3 Å². The highest BCUT2D eigenvalue weighted by atomic mass is 32.2. The second kappa shape index (κ2) is 2.09. The average Bonchev–Trinajstić information content (AvgIpc) is 1.85. The highest BCUT2D eigenvalue weighted by Gasteiger charge is 2.12. The Balaban J connectivity index is 2.56. The smallest absolute Gasteiger partial charge is 0.149 e. The molecule has 0 saturated heterocycles.